The van der Waals surface area contributed by atoms with Crippen LogP contribution in [0.15, 0.2) is 46.9 Å². The monoisotopic (exact) mass is 430 g/mol. The van der Waals surface area contributed by atoms with Crippen LogP contribution in [0.25, 0.3) is 0 Å². The normalized spacial score (nSPS) is 12.2. The van der Waals surface area contributed by atoms with Crippen LogP contribution in [0.4, 0.5) is 0 Å². The molecular formula is C17H17Br2ClO. The largest absolute Gasteiger partial charge is 0.496 e. The van der Waals surface area contributed by atoms with E-state index in [1.165, 1.54) is 11.1 Å². The van der Waals surface area contributed by atoms with Crippen molar-refractivity contribution in [1.29, 1.82) is 0 Å². The number of ether oxygens (including phenoxy) is 1. The minimum Gasteiger partial charge on any atom is -0.496 e. The number of para-hydroxylation sites is 1. The molecule has 0 bridgehead atoms. The second kappa shape index (κ2) is 8.21. The topological polar surface area (TPSA) is 9.23 Å². The molecule has 0 aliphatic rings. The molecule has 2 rings (SSSR count). The first-order valence-electron chi connectivity index (χ1n) is 6.75. The summed E-state index contributed by atoms with van der Waals surface area (Å²) in [5, 5.41) is 1.74. The lowest BCUT2D eigenvalue weighted by Crippen LogP contribution is -2.11. The predicted octanol–water partition coefficient (Wildman–Crippen LogP) is 5.91. The highest BCUT2D eigenvalue weighted by atomic mass is 79.9. The van der Waals surface area contributed by atoms with Crippen molar-refractivity contribution in [2.75, 3.05) is 12.4 Å². The average Bonchev–Trinajstić information content (AvgIpc) is 2.49. The minimum absolute atomic E-state index is 0.472. The van der Waals surface area contributed by atoms with Crippen molar-refractivity contribution in [3.63, 3.8) is 0 Å². The van der Waals surface area contributed by atoms with Crippen LogP contribution < -0.4 is 4.74 Å². The van der Waals surface area contributed by atoms with Gasteiger partial charge in [-0.3, -0.25) is 0 Å². The molecule has 0 saturated heterocycles. The van der Waals surface area contributed by atoms with Crippen molar-refractivity contribution in [2.24, 2.45) is 5.92 Å². The van der Waals surface area contributed by atoms with Gasteiger partial charge in [0.05, 0.1) is 7.11 Å². The molecule has 4 heteroatoms. The van der Waals surface area contributed by atoms with Crippen LogP contribution in [0, 0.1) is 5.92 Å². The molecule has 2 aromatic carbocycles. The second-order valence-corrected chi connectivity index (χ2v) is 6.95. The quantitative estimate of drug-likeness (QED) is 0.516. The van der Waals surface area contributed by atoms with Gasteiger partial charge >= 0.3 is 0 Å². The van der Waals surface area contributed by atoms with Gasteiger partial charge in [-0.05, 0) is 48.1 Å². The van der Waals surface area contributed by atoms with Crippen LogP contribution in [0.2, 0.25) is 5.02 Å². The lowest BCUT2D eigenvalue weighted by Gasteiger charge is -2.17. The number of halogens is 3. The molecule has 0 spiro atoms. The van der Waals surface area contributed by atoms with E-state index in [1.54, 1.807) is 7.11 Å². The van der Waals surface area contributed by atoms with Crippen LogP contribution in [0.1, 0.15) is 11.1 Å². The zero-order valence-corrected chi connectivity index (χ0v) is 15.7. The number of methoxy groups -OCH3 is 1. The Bertz CT molecular complexity index is 601. The lowest BCUT2D eigenvalue weighted by molar-refractivity contribution is 0.406. The van der Waals surface area contributed by atoms with Gasteiger partial charge in [0.25, 0.3) is 0 Å². The molecule has 0 N–H and O–H groups in total. The highest BCUT2D eigenvalue weighted by molar-refractivity contribution is 9.10. The lowest BCUT2D eigenvalue weighted by atomic mass is 9.94. The van der Waals surface area contributed by atoms with E-state index in [9.17, 15) is 0 Å². The number of rotatable bonds is 6. The van der Waals surface area contributed by atoms with E-state index in [0.29, 0.717) is 5.92 Å². The molecule has 112 valence electrons. The third-order valence-corrected chi connectivity index (χ3v) is 5.20. The Hall–Kier alpha value is -0.510. The van der Waals surface area contributed by atoms with Gasteiger partial charge in [0.2, 0.25) is 0 Å². The Morgan fingerprint density at radius 2 is 1.81 bits per heavy atom. The summed E-state index contributed by atoms with van der Waals surface area (Å²) < 4.78 is 6.44. The third kappa shape index (κ3) is 4.73. The molecule has 0 radical (unpaired) electrons. The first-order chi connectivity index (χ1) is 10.1. The van der Waals surface area contributed by atoms with Gasteiger partial charge in [-0.2, -0.15) is 0 Å². The maximum atomic E-state index is 6.32. The summed E-state index contributed by atoms with van der Waals surface area (Å²) in [6, 6.07) is 14.3. The molecule has 0 saturated carbocycles. The Morgan fingerprint density at radius 1 is 1.10 bits per heavy atom. The summed E-state index contributed by atoms with van der Waals surface area (Å²) in [5.74, 6) is 1.42. The van der Waals surface area contributed by atoms with E-state index in [2.05, 4.69) is 50.1 Å². The highest BCUT2D eigenvalue weighted by Gasteiger charge is 2.14. The molecule has 0 aromatic heterocycles. The Balaban J connectivity index is 2.13. The predicted molar refractivity (Wildman–Crippen MR) is 96.8 cm³/mol. The number of hydrogen-bond donors (Lipinski definition) is 0. The summed E-state index contributed by atoms with van der Waals surface area (Å²) in [7, 11) is 1.72. The van der Waals surface area contributed by atoms with Gasteiger partial charge in [0.1, 0.15) is 5.75 Å². The summed E-state index contributed by atoms with van der Waals surface area (Å²) in [4.78, 5) is 0. The van der Waals surface area contributed by atoms with Gasteiger partial charge in [0.15, 0.2) is 0 Å². The average molecular weight is 433 g/mol. The second-order valence-electron chi connectivity index (χ2n) is 4.98. The maximum absolute atomic E-state index is 6.32. The molecule has 21 heavy (non-hydrogen) atoms. The van der Waals surface area contributed by atoms with Gasteiger partial charge in [-0.15, -0.1) is 0 Å². The van der Waals surface area contributed by atoms with E-state index in [0.717, 1.165) is 33.4 Å². The van der Waals surface area contributed by atoms with Gasteiger partial charge < -0.3 is 4.74 Å². The molecule has 1 unspecified atom stereocenters. The summed E-state index contributed by atoms with van der Waals surface area (Å²) in [6.07, 6.45) is 1.90. The van der Waals surface area contributed by atoms with Crippen molar-refractivity contribution in [2.45, 2.75) is 12.8 Å². The SMILES string of the molecule is COc1ccccc1CC(CBr)Cc1ccc(Br)cc1Cl. The van der Waals surface area contributed by atoms with Crippen LogP contribution in [0.5, 0.6) is 5.75 Å². The van der Waals surface area contributed by atoms with Crippen molar-refractivity contribution in [3.8, 4) is 5.75 Å². The fourth-order valence-corrected chi connectivity index (χ4v) is 3.57. The van der Waals surface area contributed by atoms with E-state index < -0.39 is 0 Å². The number of benzene rings is 2. The standard InChI is InChI=1S/C17H17Br2ClO/c1-21-17-5-3-2-4-14(17)9-12(11-18)8-13-6-7-15(19)10-16(13)20/h2-7,10,12H,8-9,11H2,1H3. The highest BCUT2D eigenvalue weighted by Crippen LogP contribution is 2.27. The maximum Gasteiger partial charge on any atom is 0.122 e. The third-order valence-electron chi connectivity index (χ3n) is 3.44. The van der Waals surface area contributed by atoms with Crippen LogP contribution in [-0.2, 0) is 12.8 Å². The van der Waals surface area contributed by atoms with Crippen molar-refractivity contribution in [3.05, 3.63) is 63.1 Å². The Morgan fingerprint density at radius 3 is 2.48 bits per heavy atom. The molecule has 0 fully saturated rings. The van der Waals surface area contributed by atoms with Gasteiger partial charge in [-0.25, -0.2) is 0 Å². The van der Waals surface area contributed by atoms with E-state index in [1.807, 2.05) is 24.3 Å². The molecule has 1 nitrogen and oxygen atoms in total. The molecular weight excluding hydrogens is 415 g/mol. The van der Waals surface area contributed by atoms with Gasteiger partial charge in [-0.1, -0.05) is 67.7 Å². The molecule has 2 aromatic rings. The molecule has 1 atom stereocenters. The van der Waals surface area contributed by atoms with Crippen LogP contribution in [0.3, 0.4) is 0 Å². The van der Waals surface area contributed by atoms with Gasteiger partial charge in [0, 0.05) is 14.8 Å². The first kappa shape index (κ1) is 16.9. The van der Waals surface area contributed by atoms with Crippen LogP contribution in [-0.4, -0.2) is 12.4 Å². The first-order valence-corrected chi connectivity index (χ1v) is 9.05. The van der Waals surface area contributed by atoms with Crippen molar-refractivity contribution >= 4 is 43.5 Å². The molecule has 0 amide bonds. The Labute approximate surface area is 147 Å². The zero-order valence-electron chi connectivity index (χ0n) is 11.8. The molecule has 0 aliphatic heterocycles. The minimum atomic E-state index is 0.472. The number of alkyl halides is 1. The van der Waals surface area contributed by atoms with Crippen molar-refractivity contribution in [1.82, 2.24) is 0 Å². The summed E-state index contributed by atoms with van der Waals surface area (Å²) >= 11 is 13.4. The van der Waals surface area contributed by atoms with Crippen LogP contribution >= 0.6 is 43.5 Å². The fraction of sp³-hybridized carbons (Fsp3) is 0.294. The molecule has 0 aliphatic carbocycles. The zero-order chi connectivity index (χ0) is 15.2. The fourth-order valence-electron chi connectivity index (χ4n) is 2.36. The van der Waals surface area contributed by atoms with E-state index >= 15 is 0 Å². The number of hydrogen-bond acceptors (Lipinski definition) is 1. The summed E-state index contributed by atoms with van der Waals surface area (Å²) in [5.41, 5.74) is 2.41. The summed E-state index contributed by atoms with van der Waals surface area (Å²) in [6.45, 7) is 0. The van der Waals surface area contributed by atoms with E-state index in [4.69, 9.17) is 16.3 Å². The van der Waals surface area contributed by atoms with E-state index in [-0.39, 0.29) is 0 Å². The molecule has 0 heterocycles. The smallest absolute Gasteiger partial charge is 0.122 e. The van der Waals surface area contributed by atoms with Crippen molar-refractivity contribution < 1.29 is 4.74 Å². The Kier molecular flexibility index (Phi) is 6.59.